The number of benzene rings is 2. The smallest absolute Gasteiger partial charge is 0.410 e. The van der Waals surface area contributed by atoms with Gasteiger partial charge in [0, 0.05) is 49.3 Å². The van der Waals surface area contributed by atoms with Crippen LogP contribution in [0.3, 0.4) is 0 Å². The van der Waals surface area contributed by atoms with Crippen LogP contribution in [0.1, 0.15) is 67.1 Å². The number of hydrogen-bond donors (Lipinski definition) is 2. The predicted octanol–water partition coefficient (Wildman–Crippen LogP) is 4.10. The van der Waals surface area contributed by atoms with Crippen molar-refractivity contribution >= 4 is 47.0 Å². The Hall–Kier alpha value is -3.96. The molecule has 236 valence electrons. The van der Waals surface area contributed by atoms with Crippen LogP contribution in [-0.2, 0) is 43.2 Å². The van der Waals surface area contributed by atoms with Crippen molar-refractivity contribution in [3.05, 3.63) is 63.7 Å². The Kier molecular flexibility index (Phi) is 10.6. The minimum Gasteiger partial charge on any atom is -0.444 e. The number of imide groups is 1. The van der Waals surface area contributed by atoms with Crippen molar-refractivity contribution in [2.45, 2.75) is 71.1 Å². The molecule has 1 fully saturated rings. The van der Waals surface area contributed by atoms with Gasteiger partial charge in [-0.2, -0.15) is 0 Å². The Bertz CT molecular complexity index is 1440. The number of nitrogens with one attached hydrogen (secondary N) is 2. The average Bonchev–Trinajstić information content (AvgIpc) is 3.26. The van der Waals surface area contributed by atoms with Crippen LogP contribution < -0.4 is 10.6 Å². The molecule has 2 aromatic carbocycles. The average molecular weight is 627 g/mol. The zero-order chi connectivity index (χ0) is 32.0. The molecule has 2 aliphatic rings. The Labute approximate surface area is 262 Å². The summed E-state index contributed by atoms with van der Waals surface area (Å²) < 4.78 is 11.0. The summed E-state index contributed by atoms with van der Waals surface area (Å²) in [5.41, 5.74) is 3.16. The molecule has 0 bridgehead atoms. The zero-order valence-electron chi connectivity index (χ0n) is 25.5. The number of fused-ring (bicyclic) bond motifs is 1. The first-order chi connectivity index (χ1) is 20.8. The standard InChI is InChI=1S/C32H39ClN4O7/c1-32(2,3)44-31(42)36(4)14-16-43-15-13-21-7-8-23(18-25(21)33)34-27(38)11-6-20-5-9-24-22(17-20)19-37(30(24)41)26-10-12-28(39)35-29(26)40/h5,7-9,17-18,26H,6,10-16,19H2,1-4H3,(H,34,38)(H,35,39,40). The molecule has 11 nitrogen and oxygen atoms in total. The van der Waals surface area contributed by atoms with E-state index in [9.17, 15) is 24.0 Å². The third-order valence-electron chi connectivity index (χ3n) is 7.36. The third kappa shape index (κ3) is 8.79. The molecule has 0 aliphatic carbocycles. The molecule has 0 saturated carbocycles. The molecule has 1 saturated heterocycles. The van der Waals surface area contributed by atoms with Gasteiger partial charge in [0.1, 0.15) is 11.6 Å². The summed E-state index contributed by atoms with van der Waals surface area (Å²) in [4.78, 5) is 64.3. The van der Waals surface area contributed by atoms with Crippen molar-refractivity contribution in [1.29, 1.82) is 0 Å². The van der Waals surface area contributed by atoms with Crippen molar-refractivity contribution in [3.63, 3.8) is 0 Å². The molecule has 2 N–H and O–H groups in total. The topological polar surface area (TPSA) is 134 Å². The molecule has 4 rings (SSSR count). The number of amides is 5. The van der Waals surface area contributed by atoms with Gasteiger partial charge in [0.05, 0.1) is 13.2 Å². The molecule has 0 spiro atoms. The normalized spacial score (nSPS) is 16.4. The Morgan fingerprint density at radius 1 is 1.09 bits per heavy atom. The van der Waals surface area contributed by atoms with E-state index in [0.717, 1.165) is 16.7 Å². The number of ether oxygens (including phenoxy) is 2. The monoisotopic (exact) mass is 626 g/mol. The van der Waals surface area contributed by atoms with E-state index in [2.05, 4.69) is 10.6 Å². The number of nitrogens with zero attached hydrogens (tertiary/aromatic N) is 2. The third-order valence-corrected chi connectivity index (χ3v) is 7.71. The second-order valence-electron chi connectivity index (χ2n) is 12.0. The van der Waals surface area contributed by atoms with Crippen LogP contribution >= 0.6 is 11.6 Å². The van der Waals surface area contributed by atoms with Crippen molar-refractivity contribution in [2.75, 3.05) is 32.1 Å². The van der Waals surface area contributed by atoms with Gasteiger partial charge in [0.25, 0.3) is 5.91 Å². The highest BCUT2D eigenvalue weighted by Gasteiger charge is 2.39. The zero-order valence-corrected chi connectivity index (χ0v) is 26.3. The molecule has 1 atom stereocenters. The number of aryl methyl sites for hydroxylation is 1. The van der Waals surface area contributed by atoms with Crippen molar-refractivity contribution in [1.82, 2.24) is 15.1 Å². The number of carbonyl (C=O) groups is 5. The van der Waals surface area contributed by atoms with Gasteiger partial charge in [-0.05, 0) is 74.9 Å². The number of carbonyl (C=O) groups excluding carboxylic acids is 5. The van der Waals surface area contributed by atoms with E-state index in [0.29, 0.717) is 61.8 Å². The number of anilines is 1. The molecule has 5 amide bonds. The van der Waals surface area contributed by atoms with Crippen molar-refractivity contribution in [2.24, 2.45) is 0 Å². The summed E-state index contributed by atoms with van der Waals surface area (Å²) in [6.45, 7) is 6.93. The summed E-state index contributed by atoms with van der Waals surface area (Å²) in [6.07, 6.45) is 1.39. The van der Waals surface area contributed by atoms with Gasteiger partial charge < -0.3 is 24.6 Å². The highest BCUT2D eigenvalue weighted by molar-refractivity contribution is 6.31. The molecule has 0 radical (unpaired) electrons. The summed E-state index contributed by atoms with van der Waals surface area (Å²) in [7, 11) is 1.66. The summed E-state index contributed by atoms with van der Waals surface area (Å²) in [5.74, 6) is -1.16. The molecule has 2 heterocycles. The number of piperidine rings is 1. The van der Waals surface area contributed by atoms with Gasteiger partial charge in [0.2, 0.25) is 17.7 Å². The van der Waals surface area contributed by atoms with E-state index in [-0.39, 0.29) is 30.6 Å². The van der Waals surface area contributed by atoms with Gasteiger partial charge in [-0.25, -0.2) is 4.79 Å². The summed E-state index contributed by atoms with van der Waals surface area (Å²) >= 11 is 6.45. The number of likely N-dealkylation sites (N-methyl/N-ethyl adjacent to an activating group) is 1. The summed E-state index contributed by atoms with van der Waals surface area (Å²) in [5, 5.41) is 5.69. The van der Waals surface area contributed by atoms with Crippen molar-refractivity contribution in [3.8, 4) is 0 Å². The highest BCUT2D eigenvalue weighted by Crippen LogP contribution is 2.29. The molecule has 2 aliphatic heterocycles. The largest absolute Gasteiger partial charge is 0.444 e. The fraction of sp³-hybridized carbons (Fsp3) is 0.469. The Balaban J connectivity index is 1.20. The van der Waals surface area contributed by atoms with Gasteiger partial charge in [-0.1, -0.05) is 29.8 Å². The van der Waals surface area contributed by atoms with Gasteiger partial charge in [-0.3, -0.25) is 24.5 Å². The maximum absolute atomic E-state index is 12.9. The summed E-state index contributed by atoms with van der Waals surface area (Å²) in [6, 6.07) is 10.1. The number of rotatable bonds is 11. The molecule has 1 unspecified atom stereocenters. The fourth-order valence-electron chi connectivity index (χ4n) is 5.01. The second kappa shape index (κ2) is 14.2. The van der Waals surface area contributed by atoms with Crippen LogP contribution in [0, 0.1) is 0 Å². The first-order valence-corrected chi connectivity index (χ1v) is 15.0. The molecule has 0 aromatic heterocycles. The molecular weight excluding hydrogens is 588 g/mol. The van der Waals surface area contributed by atoms with Crippen LogP contribution in [0.15, 0.2) is 36.4 Å². The lowest BCUT2D eigenvalue weighted by Gasteiger charge is -2.29. The maximum atomic E-state index is 12.9. The van der Waals surface area contributed by atoms with Crippen LogP contribution in [0.25, 0.3) is 0 Å². The first-order valence-electron chi connectivity index (χ1n) is 14.7. The van der Waals surface area contributed by atoms with Gasteiger partial charge >= 0.3 is 6.09 Å². The second-order valence-corrected chi connectivity index (χ2v) is 12.4. The maximum Gasteiger partial charge on any atom is 0.410 e. The van der Waals surface area contributed by atoms with E-state index < -0.39 is 23.6 Å². The van der Waals surface area contributed by atoms with Crippen molar-refractivity contribution < 1.29 is 33.4 Å². The lowest BCUT2D eigenvalue weighted by atomic mass is 10.0. The van der Waals surface area contributed by atoms with E-state index >= 15 is 0 Å². The van der Waals surface area contributed by atoms with Gasteiger partial charge in [0.15, 0.2) is 0 Å². The molecular formula is C32H39ClN4O7. The number of hydrogen-bond acceptors (Lipinski definition) is 7. The molecule has 2 aromatic rings. The van der Waals surface area contributed by atoms with Crippen LogP contribution in [0.4, 0.5) is 10.5 Å². The minimum atomic E-state index is -0.662. The Morgan fingerprint density at radius 3 is 2.57 bits per heavy atom. The molecule has 12 heteroatoms. The van der Waals surface area contributed by atoms with E-state index in [1.54, 1.807) is 25.2 Å². The minimum absolute atomic E-state index is 0.173. The lowest BCUT2D eigenvalue weighted by Crippen LogP contribution is -2.52. The molecule has 44 heavy (non-hydrogen) atoms. The van der Waals surface area contributed by atoms with E-state index in [4.69, 9.17) is 21.1 Å². The van der Waals surface area contributed by atoms with Crippen LogP contribution in [0.5, 0.6) is 0 Å². The SMILES string of the molecule is CN(CCOCCc1ccc(NC(=O)CCc2ccc3c(c2)CN(C2CCC(=O)NC2=O)C3=O)cc1Cl)C(=O)OC(C)(C)C. The first kappa shape index (κ1) is 32.9. The quantitative estimate of drug-likeness (QED) is 0.283. The fourth-order valence-corrected chi connectivity index (χ4v) is 5.28. The van der Waals surface area contributed by atoms with E-state index in [1.165, 1.54) is 9.80 Å². The lowest BCUT2D eigenvalue weighted by molar-refractivity contribution is -0.137. The highest BCUT2D eigenvalue weighted by atomic mass is 35.5. The van der Waals surface area contributed by atoms with Crippen LogP contribution in [0.2, 0.25) is 5.02 Å². The number of halogens is 1. The van der Waals surface area contributed by atoms with E-state index in [1.807, 2.05) is 39.0 Å². The van der Waals surface area contributed by atoms with Gasteiger partial charge in [-0.15, -0.1) is 0 Å². The Morgan fingerprint density at radius 2 is 1.86 bits per heavy atom. The predicted molar refractivity (Wildman–Crippen MR) is 164 cm³/mol. The van der Waals surface area contributed by atoms with Crippen LogP contribution in [-0.4, -0.2) is 78.0 Å².